The highest BCUT2D eigenvalue weighted by Crippen LogP contribution is 2.24. The molecule has 0 saturated carbocycles. The van der Waals surface area contributed by atoms with Crippen molar-refractivity contribution in [2.75, 3.05) is 11.9 Å². The van der Waals surface area contributed by atoms with E-state index in [4.69, 9.17) is 4.74 Å². The Kier molecular flexibility index (Phi) is 5.12. The van der Waals surface area contributed by atoms with Crippen molar-refractivity contribution in [1.82, 2.24) is 10.3 Å². The quantitative estimate of drug-likeness (QED) is 0.706. The maximum absolute atomic E-state index is 12.1. The lowest BCUT2D eigenvalue weighted by Gasteiger charge is -2.30. The van der Waals surface area contributed by atoms with Crippen LogP contribution in [0.5, 0.6) is 0 Å². The summed E-state index contributed by atoms with van der Waals surface area (Å²) in [5, 5.41) is 16.1. The van der Waals surface area contributed by atoms with Crippen LogP contribution in [-0.4, -0.2) is 45.9 Å². The van der Waals surface area contributed by atoms with E-state index in [0.717, 1.165) is 6.08 Å². The van der Waals surface area contributed by atoms with Crippen molar-refractivity contribution < 1.29 is 24.2 Å². The molecule has 3 N–H and O–H groups in total. The Labute approximate surface area is 136 Å². The van der Waals surface area contributed by atoms with Crippen LogP contribution in [0.3, 0.4) is 0 Å². The second kappa shape index (κ2) is 6.88. The fourth-order valence-electron chi connectivity index (χ4n) is 1.99. The summed E-state index contributed by atoms with van der Waals surface area (Å²) in [6, 6.07) is -1.18. The molecule has 1 atom stereocenters. The van der Waals surface area contributed by atoms with Gasteiger partial charge >= 0.3 is 0 Å². The Morgan fingerprint density at radius 1 is 1.52 bits per heavy atom. The van der Waals surface area contributed by atoms with Crippen molar-refractivity contribution in [3.05, 3.63) is 23.4 Å². The number of hydrogen-bond acceptors (Lipinski definition) is 7. The van der Waals surface area contributed by atoms with Crippen LogP contribution >= 0.6 is 11.3 Å². The monoisotopic (exact) mass is 339 g/mol. The first kappa shape index (κ1) is 17.1. The summed E-state index contributed by atoms with van der Waals surface area (Å²) in [5.41, 5.74) is -0.795. The number of ether oxygens (including phenoxy) is 1. The normalized spacial score (nSPS) is 17.7. The third-order valence-corrected chi connectivity index (χ3v) is 3.66. The molecule has 23 heavy (non-hydrogen) atoms. The summed E-state index contributed by atoms with van der Waals surface area (Å²) in [4.78, 5) is 39.7. The van der Waals surface area contributed by atoms with Gasteiger partial charge in [-0.3, -0.25) is 14.4 Å². The van der Waals surface area contributed by atoms with Crippen LogP contribution in [0.1, 0.15) is 20.3 Å². The maximum atomic E-state index is 12.1. The molecular formula is C14H17N3O5S. The molecule has 0 fully saturated rings. The minimum absolute atomic E-state index is 0.164. The number of nitrogens with zero attached hydrogens (tertiary/aromatic N) is 1. The molecule has 0 radical (unpaired) electrons. The molecule has 0 bridgehead atoms. The number of ketones is 1. The summed E-state index contributed by atoms with van der Waals surface area (Å²) in [7, 11) is 0. The zero-order valence-electron chi connectivity index (χ0n) is 12.7. The van der Waals surface area contributed by atoms with Gasteiger partial charge in [0.15, 0.2) is 16.7 Å². The van der Waals surface area contributed by atoms with Gasteiger partial charge in [0.25, 0.3) is 11.8 Å². The number of thiazole rings is 1. The molecule has 1 aromatic heterocycles. The Bertz CT molecular complexity index is 639. The number of anilines is 1. The molecule has 0 aromatic carbocycles. The molecule has 1 aromatic rings. The van der Waals surface area contributed by atoms with Gasteiger partial charge in [-0.25, -0.2) is 4.98 Å². The predicted octanol–water partition coefficient (Wildman–Crippen LogP) is 0.211. The lowest BCUT2D eigenvalue weighted by molar-refractivity contribution is -0.133. The molecule has 0 spiro atoms. The summed E-state index contributed by atoms with van der Waals surface area (Å²) in [6.07, 6.45) is 2.77. The predicted molar refractivity (Wildman–Crippen MR) is 82.6 cm³/mol. The zero-order chi connectivity index (χ0) is 17.0. The van der Waals surface area contributed by atoms with Gasteiger partial charge in [-0.05, 0) is 13.8 Å². The largest absolute Gasteiger partial charge is 0.482 e. The molecule has 0 aliphatic carbocycles. The van der Waals surface area contributed by atoms with E-state index in [0.29, 0.717) is 5.13 Å². The smallest absolute Gasteiger partial charge is 0.287 e. The van der Waals surface area contributed by atoms with Crippen LogP contribution in [0.15, 0.2) is 23.4 Å². The van der Waals surface area contributed by atoms with Gasteiger partial charge < -0.3 is 20.5 Å². The van der Waals surface area contributed by atoms with Crippen LogP contribution in [-0.2, 0) is 19.1 Å². The van der Waals surface area contributed by atoms with Crippen LogP contribution < -0.4 is 10.6 Å². The second-order valence-corrected chi connectivity index (χ2v) is 6.44. The minimum atomic E-state index is -1.18. The van der Waals surface area contributed by atoms with E-state index in [1.165, 1.54) is 17.5 Å². The van der Waals surface area contributed by atoms with E-state index in [2.05, 4.69) is 15.6 Å². The van der Waals surface area contributed by atoms with E-state index in [1.807, 2.05) is 0 Å². The summed E-state index contributed by atoms with van der Waals surface area (Å²) < 4.78 is 5.44. The van der Waals surface area contributed by atoms with Crippen molar-refractivity contribution in [1.29, 1.82) is 0 Å². The first-order chi connectivity index (χ1) is 10.8. The maximum Gasteiger partial charge on any atom is 0.287 e. The number of rotatable bonds is 5. The first-order valence-electron chi connectivity index (χ1n) is 6.86. The molecular weight excluding hydrogens is 322 g/mol. The number of nitrogens with one attached hydrogen (secondary N) is 2. The third kappa shape index (κ3) is 4.60. The number of hydrogen-bond donors (Lipinski definition) is 3. The van der Waals surface area contributed by atoms with E-state index in [-0.39, 0.29) is 18.0 Å². The molecule has 2 amide bonds. The highest BCUT2D eigenvalue weighted by Gasteiger charge is 2.33. The third-order valence-electron chi connectivity index (χ3n) is 2.97. The fourth-order valence-corrected chi connectivity index (χ4v) is 2.52. The van der Waals surface area contributed by atoms with Gasteiger partial charge in [0.05, 0.1) is 6.61 Å². The molecule has 9 heteroatoms. The average Bonchev–Trinajstić information content (AvgIpc) is 2.94. The minimum Gasteiger partial charge on any atom is -0.482 e. The van der Waals surface area contributed by atoms with Crippen LogP contribution in [0.25, 0.3) is 0 Å². The Morgan fingerprint density at radius 3 is 2.83 bits per heavy atom. The molecule has 2 heterocycles. The Hall–Kier alpha value is -2.26. The molecule has 0 saturated heterocycles. The molecule has 2 rings (SSSR count). The van der Waals surface area contributed by atoms with Gasteiger partial charge in [-0.2, -0.15) is 0 Å². The van der Waals surface area contributed by atoms with Crippen molar-refractivity contribution in [2.24, 2.45) is 0 Å². The van der Waals surface area contributed by atoms with Crippen LogP contribution in [0.2, 0.25) is 0 Å². The lowest BCUT2D eigenvalue weighted by Crippen LogP contribution is -2.48. The molecule has 1 aliphatic rings. The topological polar surface area (TPSA) is 118 Å². The number of aliphatic hydroxyl groups is 1. The number of allylic oxidation sites excluding steroid dienone is 1. The van der Waals surface area contributed by atoms with Gasteiger partial charge in [0, 0.05) is 24.1 Å². The SMILES string of the molecule is CC1(C)CC(=O)C=C(C(=O)NC(CO)C(=O)Nc2nccs2)O1. The summed E-state index contributed by atoms with van der Waals surface area (Å²) in [5.74, 6) is -1.76. The van der Waals surface area contributed by atoms with Gasteiger partial charge in [-0.15, -0.1) is 11.3 Å². The summed E-state index contributed by atoms with van der Waals surface area (Å²) in [6.45, 7) is 2.77. The highest BCUT2D eigenvalue weighted by atomic mass is 32.1. The van der Waals surface area contributed by atoms with Gasteiger partial charge in [0.2, 0.25) is 0 Å². The number of carbonyl (C=O) groups excluding carboxylic acids is 3. The van der Waals surface area contributed by atoms with Gasteiger partial charge in [-0.1, -0.05) is 0 Å². The summed E-state index contributed by atoms with van der Waals surface area (Å²) >= 11 is 1.21. The number of carbonyl (C=O) groups is 3. The Balaban J connectivity index is 2.02. The van der Waals surface area contributed by atoms with Crippen molar-refractivity contribution in [2.45, 2.75) is 31.9 Å². The lowest BCUT2D eigenvalue weighted by atomic mass is 9.98. The second-order valence-electron chi connectivity index (χ2n) is 5.55. The molecule has 1 unspecified atom stereocenters. The van der Waals surface area contributed by atoms with E-state index in [1.54, 1.807) is 19.2 Å². The first-order valence-corrected chi connectivity index (χ1v) is 7.74. The van der Waals surface area contributed by atoms with E-state index in [9.17, 15) is 19.5 Å². The average molecular weight is 339 g/mol. The number of aromatic nitrogens is 1. The van der Waals surface area contributed by atoms with E-state index < -0.39 is 30.1 Å². The van der Waals surface area contributed by atoms with Gasteiger partial charge in [0.1, 0.15) is 11.6 Å². The number of aliphatic hydroxyl groups excluding tert-OH is 1. The number of amides is 2. The van der Waals surface area contributed by atoms with E-state index >= 15 is 0 Å². The zero-order valence-corrected chi connectivity index (χ0v) is 13.5. The molecule has 8 nitrogen and oxygen atoms in total. The van der Waals surface area contributed by atoms with Crippen molar-refractivity contribution in [3.63, 3.8) is 0 Å². The van der Waals surface area contributed by atoms with Crippen molar-refractivity contribution >= 4 is 34.1 Å². The van der Waals surface area contributed by atoms with Crippen LogP contribution in [0.4, 0.5) is 5.13 Å². The van der Waals surface area contributed by atoms with Crippen LogP contribution in [0, 0.1) is 0 Å². The molecule has 1 aliphatic heterocycles. The highest BCUT2D eigenvalue weighted by molar-refractivity contribution is 7.13. The van der Waals surface area contributed by atoms with Crippen molar-refractivity contribution in [3.8, 4) is 0 Å². The fraction of sp³-hybridized carbons (Fsp3) is 0.429. The Morgan fingerprint density at radius 2 is 2.26 bits per heavy atom. The standard InChI is InChI=1S/C14H17N3O5S/c1-14(2)6-8(19)5-10(22-14)12(21)16-9(7-18)11(20)17-13-15-3-4-23-13/h3-5,9,18H,6-7H2,1-2H3,(H,16,21)(H,15,17,20). The molecule has 124 valence electrons.